The highest BCUT2D eigenvalue weighted by Crippen LogP contribution is 2.04. The monoisotopic (exact) mass is 213 g/mol. The van der Waals surface area contributed by atoms with Crippen molar-refractivity contribution in [2.75, 3.05) is 0 Å². The smallest absolute Gasteiger partial charge is 0.237 e. The van der Waals surface area contributed by atoms with Crippen LogP contribution in [0.4, 0.5) is 0 Å². The maximum absolute atomic E-state index is 11.4. The summed E-state index contributed by atoms with van der Waals surface area (Å²) in [7, 11) is 0. The molecule has 0 spiro atoms. The van der Waals surface area contributed by atoms with Crippen molar-refractivity contribution >= 4 is 17.2 Å². The van der Waals surface area contributed by atoms with Gasteiger partial charge in [0.2, 0.25) is 5.91 Å². The van der Waals surface area contributed by atoms with E-state index in [2.05, 4.69) is 10.3 Å². The molecule has 1 atom stereocenters. The third-order valence-corrected chi connectivity index (χ3v) is 2.64. The zero-order valence-corrected chi connectivity index (χ0v) is 9.01. The topological polar surface area (TPSA) is 68.0 Å². The summed E-state index contributed by atoms with van der Waals surface area (Å²) in [6.07, 6.45) is 3.40. The minimum atomic E-state index is -0.382. The molecule has 14 heavy (non-hydrogen) atoms. The number of thiazole rings is 1. The third kappa shape index (κ3) is 3.43. The SMILES string of the molecule is CCC[C@H](N)C(=O)NCc1cncs1. The van der Waals surface area contributed by atoms with Gasteiger partial charge in [-0.3, -0.25) is 9.78 Å². The minimum absolute atomic E-state index is 0.0831. The van der Waals surface area contributed by atoms with Gasteiger partial charge in [-0.2, -0.15) is 0 Å². The van der Waals surface area contributed by atoms with Gasteiger partial charge in [0.05, 0.1) is 18.1 Å². The van der Waals surface area contributed by atoms with E-state index in [0.717, 1.165) is 17.7 Å². The zero-order chi connectivity index (χ0) is 10.4. The van der Waals surface area contributed by atoms with Crippen LogP contribution in [0.2, 0.25) is 0 Å². The highest BCUT2D eigenvalue weighted by Gasteiger charge is 2.11. The number of hydrogen-bond acceptors (Lipinski definition) is 4. The Balaban J connectivity index is 2.27. The van der Waals surface area contributed by atoms with E-state index < -0.39 is 0 Å². The maximum Gasteiger partial charge on any atom is 0.237 e. The summed E-state index contributed by atoms with van der Waals surface area (Å²) in [4.78, 5) is 16.3. The largest absolute Gasteiger partial charge is 0.350 e. The maximum atomic E-state index is 11.4. The van der Waals surface area contributed by atoms with Gasteiger partial charge in [0.25, 0.3) is 0 Å². The van der Waals surface area contributed by atoms with Crippen molar-refractivity contribution in [1.29, 1.82) is 0 Å². The van der Waals surface area contributed by atoms with E-state index in [9.17, 15) is 4.79 Å². The lowest BCUT2D eigenvalue weighted by Crippen LogP contribution is -2.39. The predicted molar refractivity (Wildman–Crippen MR) is 56.8 cm³/mol. The molecule has 1 amide bonds. The molecule has 0 aliphatic heterocycles. The molecule has 0 aliphatic carbocycles. The average Bonchev–Trinajstić information content (AvgIpc) is 2.67. The first-order valence-electron chi connectivity index (χ1n) is 4.64. The second kappa shape index (κ2) is 5.72. The molecule has 78 valence electrons. The van der Waals surface area contributed by atoms with Gasteiger partial charge in [0.1, 0.15) is 0 Å². The summed E-state index contributed by atoms with van der Waals surface area (Å²) in [6, 6.07) is -0.382. The Kier molecular flexibility index (Phi) is 4.55. The van der Waals surface area contributed by atoms with Crippen LogP contribution in [-0.2, 0) is 11.3 Å². The third-order valence-electron chi connectivity index (χ3n) is 1.86. The van der Waals surface area contributed by atoms with Crippen molar-refractivity contribution in [3.63, 3.8) is 0 Å². The quantitative estimate of drug-likeness (QED) is 0.763. The fourth-order valence-corrected chi connectivity index (χ4v) is 1.61. The van der Waals surface area contributed by atoms with E-state index in [1.165, 1.54) is 11.3 Å². The molecule has 0 aromatic carbocycles. The summed E-state index contributed by atoms with van der Waals surface area (Å²) in [5, 5.41) is 2.78. The van der Waals surface area contributed by atoms with Crippen LogP contribution in [0.25, 0.3) is 0 Å². The first-order valence-corrected chi connectivity index (χ1v) is 5.52. The molecule has 1 rings (SSSR count). The van der Waals surface area contributed by atoms with E-state index >= 15 is 0 Å². The molecule has 0 fully saturated rings. The Hall–Kier alpha value is -0.940. The average molecular weight is 213 g/mol. The molecule has 0 unspecified atom stereocenters. The number of nitrogens with two attached hydrogens (primary N) is 1. The molecule has 1 heterocycles. The van der Waals surface area contributed by atoms with Gasteiger partial charge in [0.15, 0.2) is 0 Å². The summed E-state index contributed by atoms with van der Waals surface area (Å²) in [6.45, 7) is 2.54. The second-order valence-corrected chi connectivity index (χ2v) is 4.05. The van der Waals surface area contributed by atoms with E-state index in [1.54, 1.807) is 11.7 Å². The molecule has 5 heteroatoms. The van der Waals surface area contributed by atoms with Crippen LogP contribution in [0.3, 0.4) is 0 Å². The highest BCUT2D eigenvalue weighted by molar-refractivity contribution is 7.09. The molecule has 0 saturated carbocycles. The number of rotatable bonds is 5. The number of carbonyl (C=O) groups is 1. The molecule has 4 nitrogen and oxygen atoms in total. The first kappa shape index (κ1) is 11.1. The number of amides is 1. The fraction of sp³-hybridized carbons (Fsp3) is 0.556. The van der Waals surface area contributed by atoms with Gasteiger partial charge >= 0.3 is 0 Å². The van der Waals surface area contributed by atoms with Crippen LogP contribution in [-0.4, -0.2) is 16.9 Å². The fourth-order valence-electron chi connectivity index (χ4n) is 1.08. The highest BCUT2D eigenvalue weighted by atomic mass is 32.1. The first-order chi connectivity index (χ1) is 6.74. The van der Waals surface area contributed by atoms with E-state index in [4.69, 9.17) is 5.73 Å². The molecule has 0 bridgehead atoms. The van der Waals surface area contributed by atoms with Crippen LogP contribution in [0.5, 0.6) is 0 Å². The standard InChI is InChI=1S/C9H15N3OS/c1-2-3-8(10)9(13)12-5-7-4-11-6-14-7/h4,6,8H,2-3,5,10H2,1H3,(H,12,13)/t8-/m0/s1. The molecule has 0 radical (unpaired) electrons. The number of nitrogens with zero attached hydrogens (tertiary/aromatic N) is 1. The Morgan fingerprint density at radius 2 is 2.57 bits per heavy atom. The van der Waals surface area contributed by atoms with E-state index in [1.807, 2.05) is 6.92 Å². The predicted octanol–water partition coefficient (Wildman–Crippen LogP) is 0.887. The minimum Gasteiger partial charge on any atom is -0.350 e. The normalized spacial score (nSPS) is 12.4. The number of nitrogens with one attached hydrogen (secondary N) is 1. The molecule has 1 aromatic rings. The molecular formula is C9H15N3OS. The lowest BCUT2D eigenvalue weighted by molar-refractivity contribution is -0.122. The molecular weight excluding hydrogens is 198 g/mol. The van der Waals surface area contributed by atoms with Gasteiger partial charge in [0, 0.05) is 11.1 Å². The number of carbonyl (C=O) groups excluding carboxylic acids is 1. The molecule has 3 N–H and O–H groups in total. The summed E-state index contributed by atoms with van der Waals surface area (Å²) >= 11 is 1.52. The number of hydrogen-bond donors (Lipinski definition) is 2. The van der Waals surface area contributed by atoms with Gasteiger partial charge in [-0.15, -0.1) is 11.3 Å². The Morgan fingerprint density at radius 1 is 1.79 bits per heavy atom. The van der Waals surface area contributed by atoms with Crippen LogP contribution in [0.1, 0.15) is 24.6 Å². The van der Waals surface area contributed by atoms with Crippen LogP contribution in [0.15, 0.2) is 11.7 Å². The lowest BCUT2D eigenvalue weighted by atomic mass is 10.2. The van der Waals surface area contributed by atoms with Crippen molar-refractivity contribution in [1.82, 2.24) is 10.3 Å². The van der Waals surface area contributed by atoms with Crippen molar-refractivity contribution in [3.8, 4) is 0 Å². The Morgan fingerprint density at radius 3 is 3.14 bits per heavy atom. The van der Waals surface area contributed by atoms with Gasteiger partial charge < -0.3 is 11.1 Å². The Labute approximate surface area is 87.5 Å². The van der Waals surface area contributed by atoms with E-state index in [0.29, 0.717) is 6.54 Å². The van der Waals surface area contributed by atoms with Crippen molar-refractivity contribution in [2.24, 2.45) is 5.73 Å². The van der Waals surface area contributed by atoms with Crippen molar-refractivity contribution in [2.45, 2.75) is 32.4 Å². The van der Waals surface area contributed by atoms with Gasteiger partial charge in [-0.1, -0.05) is 13.3 Å². The lowest BCUT2D eigenvalue weighted by Gasteiger charge is -2.09. The summed E-state index contributed by atoms with van der Waals surface area (Å²) in [5.74, 6) is -0.0831. The second-order valence-electron chi connectivity index (χ2n) is 3.08. The van der Waals surface area contributed by atoms with Crippen LogP contribution >= 0.6 is 11.3 Å². The van der Waals surface area contributed by atoms with Crippen LogP contribution < -0.4 is 11.1 Å². The Bertz CT molecular complexity index is 274. The number of aromatic nitrogens is 1. The summed E-state index contributed by atoms with van der Waals surface area (Å²) in [5.41, 5.74) is 7.39. The van der Waals surface area contributed by atoms with Crippen molar-refractivity contribution in [3.05, 3.63) is 16.6 Å². The molecule has 1 aromatic heterocycles. The van der Waals surface area contributed by atoms with Gasteiger partial charge in [-0.05, 0) is 6.42 Å². The van der Waals surface area contributed by atoms with Gasteiger partial charge in [-0.25, -0.2) is 0 Å². The van der Waals surface area contributed by atoms with E-state index in [-0.39, 0.29) is 11.9 Å². The summed E-state index contributed by atoms with van der Waals surface area (Å²) < 4.78 is 0. The van der Waals surface area contributed by atoms with Crippen molar-refractivity contribution < 1.29 is 4.79 Å². The molecule has 0 aliphatic rings. The zero-order valence-electron chi connectivity index (χ0n) is 8.19. The van der Waals surface area contributed by atoms with Crippen LogP contribution in [0, 0.1) is 0 Å². The molecule has 0 saturated heterocycles.